The minimum absolute atomic E-state index is 0.109. The molecular formula is C26H34N2O. The molecule has 2 fully saturated rings. The van der Waals surface area contributed by atoms with Crippen LogP contribution in [-0.4, -0.2) is 17.9 Å². The number of anilines is 2. The smallest absolute Gasteiger partial charge is 0.0923 e. The van der Waals surface area contributed by atoms with E-state index in [1.165, 1.54) is 43.5 Å². The molecule has 6 unspecified atom stereocenters. The summed E-state index contributed by atoms with van der Waals surface area (Å²) in [5.41, 5.74) is 6.38. The molecule has 2 N–H and O–H groups in total. The number of fused-ring (bicyclic) bond motifs is 6. The van der Waals surface area contributed by atoms with Crippen LogP contribution < -0.4 is 10.2 Å². The fourth-order valence-corrected chi connectivity index (χ4v) is 7.93. The summed E-state index contributed by atoms with van der Waals surface area (Å²) in [6.45, 7) is 5.98. The second-order valence-corrected chi connectivity index (χ2v) is 10.7. The second kappa shape index (κ2) is 6.14. The Bertz CT molecular complexity index is 904. The molecular weight excluding hydrogens is 356 g/mol. The van der Waals surface area contributed by atoms with Gasteiger partial charge in [0.2, 0.25) is 0 Å². The van der Waals surface area contributed by atoms with Crippen molar-refractivity contribution in [3.8, 4) is 0 Å². The van der Waals surface area contributed by atoms with Crippen molar-refractivity contribution < 1.29 is 5.11 Å². The summed E-state index contributed by atoms with van der Waals surface area (Å²) in [6, 6.07) is 8.76. The van der Waals surface area contributed by atoms with Gasteiger partial charge in [-0.15, -0.1) is 0 Å². The lowest BCUT2D eigenvalue weighted by molar-refractivity contribution is -0.0298. The first-order valence-corrected chi connectivity index (χ1v) is 11.7. The van der Waals surface area contributed by atoms with Crippen molar-refractivity contribution >= 4 is 11.4 Å². The zero-order valence-corrected chi connectivity index (χ0v) is 17.8. The van der Waals surface area contributed by atoms with Crippen LogP contribution in [0.5, 0.6) is 0 Å². The van der Waals surface area contributed by atoms with Crippen LogP contribution in [0, 0.1) is 28.6 Å². The quantitative estimate of drug-likeness (QED) is 0.604. The molecule has 0 saturated heterocycles. The fourth-order valence-electron chi connectivity index (χ4n) is 7.93. The molecule has 2 saturated carbocycles. The first-order valence-electron chi connectivity index (χ1n) is 11.7. The number of rotatable bonds is 1. The van der Waals surface area contributed by atoms with Crippen LogP contribution in [-0.2, 0) is 0 Å². The molecule has 0 aromatic heterocycles. The number of allylic oxidation sites excluding steroid dienone is 3. The minimum Gasteiger partial charge on any atom is -0.393 e. The maximum atomic E-state index is 10.2. The van der Waals surface area contributed by atoms with Crippen molar-refractivity contribution in [2.75, 3.05) is 16.9 Å². The molecule has 6 rings (SSSR count). The third kappa shape index (κ3) is 2.40. The number of aliphatic hydroxyl groups is 1. The number of hydrogen-bond acceptors (Lipinski definition) is 3. The molecule has 1 aromatic rings. The van der Waals surface area contributed by atoms with Gasteiger partial charge in [-0.2, -0.15) is 0 Å². The zero-order valence-electron chi connectivity index (χ0n) is 17.8. The van der Waals surface area contributed by atoms with Crippen LogP contribution >= 0.6 is 0 Å². The predicted molar refractivity (Wildman–Crippen MR) is 119 cm³/mol. The Morgan fingerprint density at radius 3 is 2.72 bits per heavy atom. The van der Waals surface area contributed by atoms with Crippen molar-refractivity contribution in [2.45, 2.75) is 64.9 Å². The van der Waals surface area contributed by atoms with Crippen molar-refractivity contribution in [2.24, 2.45) is 28.6 Å². The average molecular weight is 391 g/mol. The number of aliphatic hydroxyl groups excluding tert-OH is 1. The van der Waals surface area contributed by atoms with E-state index in [4.69, 9.17) is 0 Å². The van der Waals surface area contributed by atoms with E-state index >= 15 is 0 Å². The van der Waals surface area contributed by atoms with E-state index in [-0.39, 0.29) is 11.5 Å². The van der Waals surface area contributed by atoms with Crippen LogP contribution in [0.4, 0.5) is 11.4 Å². The molecule has 0 bridgehead atoms. The molecule has 1 heterocycles. The number of benzene rings is 1. The number of hydrogen-bond donors (Lipinski definition) is 2. The van der Waals surface area contributed by atoms with Gasteiger partial charge in [-0.05, 0) is 80.2 Å². The van der Waals surface area contributed by atoms with Crippen molar-refractivity contribution in [3.05, 3.63) is 47.7 Å². The topological polar surface area (TPSA) is 35.5 Å². The molecule has 1 aromatic carbocycles. The summed E-state index contributed by atoms with van der Waals surface area (Å²) in [5.74, 6) is 2.34. The van der Waals surface area contributed by atoms with Gasteiger partial charge in [0.25, 0.3) is 0 Å². The maximum Gasteiger partial charge on any atom is 0.0923 e. The van der Waals surface area contributed by atoms with Gasteiger partial charge < -0.3 is 15.3 Å². The minimum atomic E-state index is -0.109. The van der Waals surface area contributed by atoms with Gasteiger partial charge in [0.15, 0.2) is 0 Å². The van der Waals surface area contributed by atoms with Crippen LogP contribution in [0.15, 0.2) is 47.7 Å². The summed E-state index contributed by atoms with van der Waals surface area (Å²) in [4.78, 5) is 2.55. The SMILES string of the molecule is CC12CCC(O)CC1=CCC1C2CCC2(C)C(N3CNc4ccccc43)=CCC12. The number of nitrogens with zero attached hydrogens (tertiary/aromatic N) is 1. The largest absolute Gasteiger partial charge is 0.393 e. The molecule has 5 aliphatic rings. The molecule has 3 nitrogen and oxygen atoms in total. The highest BCUT2D eigenvalue weighted by Crippen LogP contribution is 2.65. The lowest BCUT2D eigenvalue weighted by Crippen LogP contribution is -2.51. The Morgan fingerprint density at radius 2 is 1.83 bits per heavy atom. The summed E-state index contributed by atoms with van der Waals surface area (Å²) >= 11 is 0. The van der Waals surface area contributed by atoms with E-state index in [1.54, 1.807) is 11.3 Å². The summed E-state index contributed by atoms with van der Waals surface area (Å²) < 4.78 is 0. The molecule has 3 heteroatoms. The van der Waals surface area contributed by atoms with E-state index in [0.29, 0.717) is 5.41 Å². The van der Waals surface area contributed by atoms with Crippen molar-refractivity contribution in [1.82, 2.24) is 0 Å². The highest BCUT2D eigenvalue weighted by atomic mass is 16.3. The van der Waals surface area contributed by atoms with Gasteiger partial charge in [0.05, 0.1) is 24.1 Å². The maximum absolute atomic E-state index is 10.2. The Kier molecular flexibility index (Phi) is 3.82. The van der Waals surface area contributed by atoms with Crippen LogP contribution in [0.3, 0.4) is 0 Å². The van der Waals surface area contributed by atoms with Crippen LogP contribution in [0.1, 0.15) is 58.8 Å². The molecule has 4 aliphatic carbocycles. The van der Waals surface area contributed by atoms with Gasteiger partial charge >= 0.3 is 0 Å². The van der Waals surface area contributed by atoms with Crippen LogP contribution in [0.25, 0.3) is 0 Å². The van der Waals surface area contributed by atoms with Gasteiger partial charge in [-0.1, -0.05) is 43.7 Å². The third-order valence-corrected chi connectivity index (χ3v) is 9.53. The molecule has 0 amide bonds. The summed E-state index contributed by atoms with van der Waals surface area (Å²) in [7, 11) is 0. The van der Waals surface area contributed by atoms with E-state index in [0.717, 1.165) is 37.3 Å². The summed E-state index contributed by atoms with van der Waals surface area (Å²) in [5, 5.41) is 13.8. The Balaban J connectivity index is 1.32. The summed E-state index contributed by atoms with van der Waals surface area (Å²) in [6.07, 6.45) is 13.2. The Morgan fingerprint density at radius 1 is 1.00 bits per heavy atom. The fraction of sp³-hybridized carbons (Fsp3) is 0.615. The Labute approximate surface area is 174 Å². The highest BCUT2D eigenvalue weighted by molar-refractivity contribution is 5.77. The molecule has 154 valence electrons. The van der Waals surface area contributed by atoms with Gasteiger partial charge in [-0.25, -0.2) is 0 Å². The molecule has 1 aliphatic heterocycles. The lowest BCUT2D eigenvalue weighted by atomic mass is 9.47. The monoisotopic (exact) mass is 390 g/mol. The molecule has 0 radical (unpaired) electrons. The van der Waals surface area contributed by atoms with Gasteiger partial charge in [0, 0.05) is 11.1 Å². The molecule has 0 spiro atoms. The van der Waals surface area contributed by atoms with Gasteiger partial charge in [-0.3, -0.25) is 0 Å². The first kappa shape index (κ1) is 18.1. The van der Waals surface area contributed by atoms with Gasteiger partial charge in [0.1, 0.15) is 0 Å². The molecule has 29 heavy (non-hydrogen) atoms. The van der Waals surface area contributed by atoms with Crippen LogP contribution in [0.2, 0.25) is 0 Å². The van der Waals surface area contributed by atoms with E-state index < -0.39 is 0 Å². The van der Waals surface area contributed by atoms with Crippen molar-refractivity contribution in [3.63, 3.8) is 0 Å². The van der Waals surface area contributed by atoms with Crippen molar-refractivity contribution in [1.29, 1.82) is 0 Å². The highest BCUT2D eigenvalue weighted by Gasteiger charge is 2.57. The molecule has 6 atom stereocenters. The normalized spacial score (nSPS) is 42.8. The van der Waals surface area contributed by atoms with E-state index in [1.807, 2.05) is 0 Å². The number of para-hydroxylation sites is 2. The lowest BCUT2D eigenvalue weighted by Gasteiger charge is -2.58. The standard InChI is InChI=1S/C26H34N2O/c1-25-13-11-18(29)15-17(25)7-8-19-20-9-10-24(26(20,2)14-12-21(19)25)28-16-27-22-5-3-4-6-23(22)28/h3-7,10,18-21,27,29H,8-9,11-16H2,1-2H3. The number of nitrogens with one attached hydrogen (secondary N) is 1. The predicted octanol–water partition coefficient (Wildman–Crippen LogP) is 5.69. The third-order valence-electron chi connectivity index (χ3n) is 9.53. The Hall–Kier alpha value is -1.74. The average Bonchev–Trinajstić information content (AvgIpc) is 3.29. The first-order chi connectivity index (χ1) is 14.0. The zero-order chi connectivity index (χ0) is 19.8. The van der Waals surface area contributed by atoms with E-state index in [9.17, 15) is 5.11 Å². The second-order valence-electron chi connectivity index (χ2n) is 10.7. The van der Waals surface area contributed by atoms with E-state index in [2.05, 4.69) is 60.5 Å².